The molecular weight excluding hydrogens is 645 g/mol. The van der Waals surface area contributed by atoms with Crippen LogP contribution >= 0.6 is 0 Å². The van der Waals surface area contributed by atoms with Gasteiger partial charge < -0.3 is 16.0 Å². The highest BCUT2D eigenvalue weighted by Gasteiger charge is 2.38. The summed E-state index contributed by atoms with van der Waals surface area (Å²) in [6.07, 6.45) is 5.41. The van der Waals surface area contributed by atoms with Gasteiger partial charge in [0.25, 0.3) is 5.91 Å². The van der Waals surface area contributed by atoms with Crippen LogP contribution in [0.25, 0.3) is 21.9 Å². The van der Waals surface area contributed by atoms with Gasteiger partial charge in [0, 0.05) is 11.1 Å². The van der Waals surface area contributed by atoms with E-state index in [-0.39, 0.29) is 18.9 Å². The van der Waals surface area contributed by atoms with E-state index in [9.17, 15) is 14.4 Å². The number of rotatable bonds is 12. The molecule has 1 aliphatic carbocycles. The molecule has 0 aromatic heterocycles. The number of carbonyl (C=O) groups is 3. The van der Waals surface area contributed by atoms with E-state index in [1.807, 2.05) is 78.9 Å². The number of amides is 3. The molecule has 0 bridgehead atoms. The highest BCUT2D eigenvalue weighted by Crippen LogP contribution is 2.35. The van der Waals surface area contributed by atoms with Gasteiger partial charge in [-0.25, -0.2) is 4.99 Å². The molecule has 7 rings (SSSR count). The number of fused-ring (bicyclic) bond motifs is 2. The van der Waals surface area contributed by atoms with Crippen LogP contribution < -0.4 is 16.0 Å². The average molecular weight is 689 g/mol. The van der Waals surface area contributed by atoms with Crippen LogP contribution in [0.3, 0.4) is 0 Å². The van der Waals surface area contributed by atoms with E-state index in [0.29, 0.717) is 23.7 Å². The standard InChI is InChI=1S/C45H44N4O3/c1-2-13-37(42(46)50)39(27-30-14-6-7-15-30)44(51)48-43-45(52)49(40-23-11-10-22-38(40)41(47-43)33-18-4-3-5-19-33)29-31-16-12-21-34(26-31)36-25-24-32-17-8-9-20-35(32)28-36/h2-5,8-12,16-26,28,30,37,39,43H,1,6-7,13-15,27,29H2,(H2,46,50)(H,48,51). The van der Waals surface area contributed by atoms with E-state index in [0.717, 1.165) is 58.9 Å². The minimum atomic E-state index is -1.23. The third-order valence-electron chi connectivity index (χ3n) is 10.6. The molecule has 1 fully saturated rings. The van der Waals surface area contributed by atoms with Crippen molar-refractivity contribution in [3.8, 4) is 11.1 Å². The Bertz CT molecular complexity index is 2140. The lowest BCUT2D eigenvalue weighted by Gasteiger charge is -2.29. The van der Waals surface area contributed by atoms with Gasteiger partial charge in [-0.15, -0.1) is 6.58 Å². The molecule has 1 heterocycles. The van der Waals surface area contributed by atoms with Crippen LogP contribution in [0.15, 0.2) is 139 Å². The van der Waals surface area contributed by atoms with Crippen molar-refractivity contribution in [1.82, 2.24) is 5.32 Å². The van der Waals surface area contributed by atoms with E-state index >= 15 is 0 Å². The van der Waals surface area contributed by atoms with Crippen LogP contribution in [-0.4, -0.2) is 29.6 Å². The van der Waals surface area contributed by atoms with Gasteiger partial charge >= 0.3 is 0 Å². The van der Waals surface area contributed by atoms with Crippen LogP contribution in [0.1, 0.15) is 55.2 Å². The van der Waals surface area contributed by atoms with E-state index in [1.54, 1.807) is 11.0 Å². The largest absolute Gasteiger partial charge is 0.369 e. The first kappa shape index (κ1) is 34.6. The molecule has 0 radical (unpaired) electrons. The highest BCUT2D eigenvalue weighted by atomic mass is 16.2. The summed E-state index contributed by atoms with van der Waals surface area (Å²) in [6, 6.07) is 40.4. The quantitative estimate of drug-likeness (QED) is 0.129. The Hall–Kier alpha value is -5.82. The molecule has 52 heavy (non-hydrogen) atoms. The number of nitrogens with two attached hydrogens (primary N) is 1. The number of primary amides is 1. The predicted octanol–water partition coefficient (Wildman–Crippen LogP) is 8.21. The third-order valence-corrected chi connectivity index (χ3v) is 10.6. The van der Waals surface area contributed by atoms with Gasteiger partial charge in [0.05, 0.1) is 29.8 Å². The molecular formula is C45H44N4O3. The zero-order valence-corrected chi connectivity index (χ0v) is 29.3. The van der Waals surface area contributed by atoms with Crippen molar-refractivity contribution in [2.45, 2.75) is 51.2 Å². The van der Waals surface area contributed by atoms with Crippen LogP contribution in [0, 0.1) is 17.8 Å². The Kier molecular flexibility index (Phi) is 10.4. The lowest BCUT2D eigenvalue weighted by molar-refractivity contribution is -0.135. The average Bonchev–Trinajstić information content (AvgIpc) is 3.67. The fourth-order valence-electron chi connectivity index (χ4n) is 7.87. The molecule has 7 nitrogen and oxygen atoms in total. The highest BCUT2D eigenvalue weighted by molar-refractivity contribution is 6.20. The summed E-state index contributed by atoms with van der Waals surface area (Å²) >= 11 is 0. The molecule has 2 aliphatic rings. The second-order valence-electron chi connectivity index (χ2n) is 14.0. The van der Waals surface area contributed by atoms with Crippen molar-refractivity contribution >= 4 is 39.9 Å². The van der Waals surface area contributed by atoms with Gasteiger partial charge in [0.1, 0.15) is 0 Å². The predicted molar refractivity (Wildman–Crippen MR) is 209 cm³/mol. The van der Waals surface area contributed by atoms with Crippen molar-refractivity contribution in [1.29, 1.82) is 0 Å². The number of benzene rings is 5. The normalized spacial score (nSPS) is 17.2. The van der Waals surface area contributed by atoms with Gasteiger partial charge in [0.15, 0.2) is 0 Å². The zero-order chi connectivity index (χ0) is 36.0. The number of aliphatic imine (C=N–C) groups is 1. The van der Waals surface area contributed by atoms with Crippen LogP contribution in [0.2, 0.25) is 0 Å². The zero-order valence-electron chi connectivity index (χ0n) is 29.3. The fraction of sp³-hybridized carbons (Fsp3) is 0.244. The van der Waals surface area contributed by atoms with E-state index in [1.165, 1.54) is 5.39 Å². The summed E-state index contributed by atoms with van der Waals surface area (Å²) in [5, 5.41) is 5.35. The maximum atomic E-state index is 14.8. The first-order valence-corrected chi connectivity index (χ1v) is 18.2. The van der Waals surface area contributed by atoms with Gasteiger partial charge in [-0.1, -0.05) is 135 Å². The molecule has 5 aromatic rings. The molecule has 0 saturated heterocycles. The van der Waals surface area contributed by atoms with Gasteiger partial charge in [-0.05, 0) is 64.4 Å². The number of hydrogen-bond acceptors (Lipinski definition) is 4. The van der Waals surface area contributed by atoms with E-state index in [4.69, 9.17) is 10.7 Å². The van der Waals surface area contributed by atoms with Crippen LogP contribution in [0.4, 0.5) is 5.69 Å². The van der Waals surface area contributed by atoms with E-state index in [2.05, 4.69) is 54.4 Å². The number of nitrogens with zero attached hydrogens (tertiary/aromatic N) is 2. The third kappa shape index (κ3) is 7.45. The maximum absolute atomic E-state index is 14.8. The minimum absolute atomic E-state index is 0.257. The Morgan fingerprint density at radius 3 is 2.27 bits per heavy atom. The number of anilines is 1. The molecule has 3 unspecified atom stereocenters. The minimum Gasteiger partial charge on any atom is -0.369 e. The van der Waals surface area contributed by atoms with E-state index < -0.39 is 29.8 Å². The lowest BCUT2D eigenvalue weighted by atomic mass is 9.80. The monoisotopic (exact) mass is 688 g/mol. The molecule has 1 saturated carbocycles. The molecule has 3 amide bonds. The summed E-state index contributed by atoms with van der Waals surface area (Å²) < 4.78 is 0. The summed E-state index contributed by atoms with van der Waals surface area (Å²) in [4.78, 5) is 48.7. The van der Waals surface area contributed by atoms with Gasteiger partial charge in [-0.2, -0.15) is 0 Å². The summed E-state index contributed by atoms with van der Waals surface area (Å²) in [7, 11) is 0. The van der Waals surface area contributed by atoms with Crippen molar-refractivity contribution in [2.75, 3.05) is 4.90 Å². The Morgan fingerprint density at radius 2 is 1.50 bits per heavy atom. The first-order chi connectivity index (χ1) is 25.4. The summed E-state index contributed by atoms with van der Waals surface area (Å²) in [5.41, 5.74) is 11.9. The second-order valence-corrected chi connectivity index (χ2v) is 14.0. The Morgan fingerprint density at radius 1 is 0.808 bits per heavy atom. The van der Waals surface area contributed by atoms with Crippen molar-refractivity contribution < 1.29 is 14.4 Å². The molecule has 262 valence electrons. The second kappa shape index (κ2) is 15.6. The molecule has 5 aromatic carbocycles. The lowest BCUT2D eigenvalue weighted by Crippen LogP contribution is -2.50. The first-order valence-electron chi connectivity index (χ1n) is 18.2. The number of nitrogens with one attached hydrogen (secondary N) is 1. The van der Waals surface area contributed by atoms with Gasteiger partial charge in [-0.3, -0.25) is 14.4 Å². The van der Waals surface area contributed by atoms with Crippen molar-refractivity contribution in [3.05, 3.63) is 151 Å². The molecule has 0 spiro atoms. The van der Waals surface area contributed by atoms with Crippen LogP contribution in [-0.2, 0) is 20.9 Å². The SMILES string of the molecule is C=CCC(C(N)=O)C(CC1CCCC1)C(=O)NC1N=C(c2ccccc2)c2ccccc2N(Cc2cccc(-c3ccc4ccccc4c3)c2)C1=O. The van der Waals surface area contributed by atoms with Crippen LogP contribution in [0.5, 0.6) is 0 Å². The molecule has 7 heteroatoms. The Balaban J connectivity index is 1.26. The van der Waals surface area contributed by atoms with Crippen molar-refractivity contribution in [2.24, 2.45) is 28.5 Å². The number of hydrogen-bond donors (Lipinski definition) is 2. The number of carbonyl (C=O) groups excluding carboxylic acids is 3. The topological polar surface area (TPSA) is 105 Å². The van der Waals surface area contributed by atoms with Crippen molar-refractivity contribution in [3.63, 3.8) is 0 Å². The maximum Gasteiger partial charge on any atom is 0.272 e. The molecule has 3 N–H and O–H groups in total. The number of para-hydroxylation sites is 1. The summed E-state index contributed by atoms with van der Waals surface area (Å²) in [5.74, 6) is -2.43. The Labute approximate surface area is 305 Å². The number of allylic oxidation sites excluding steroid dienone is 1. The fourth-order valence-corrected chi connectivity index (χ4v) is 7.87. The summed E-state index contributed by atoms with van der Waals surface area (Å²) in [6.45, 7) is 4.09. The molecule has 1 aliphatic heterocycles. The van der Waals surface area contributed by atoms with Gasteiger partial charge in [0.2, 0.25) is 18.0 Å². The molecule has 3 atom stereocenters. The smallest absolute Gasteiger partial charge is 0.272 e. The number of benzodiazepines with no additional fused rings is 1.